The number of sulfonamides is 1. The van der Waals surface area contributed by atoms with Gasteiger partial charge in [0, 0.05) is 0 Å². The van der Waals surface area contributed by atoms with Crippen LogP contribution in [0.5, 0.6) is 0 Å². The number of amidine groups is 1. The molecule has 1 fully saturated rings. The van der Waals surface area contributed by atoms with Crippen LogP contribution in [-0.4, -0.2) is 31.3 Å². The molecular formula is C9H19N3O3S. The predicted octanol–water partition coefficient (Wildman–Crippen LogP) is 0.0868. The summed E-state index contributed by atoms with van der Waals surface area (Å²) in [6.45, 7) is 3.62. The topological polar surface area (TPSA) is 105 Å². The second-order valence-electron chi connectivity index (χ2n) is 4.59. The Balaban J connectivity index is 2.66. The first-order valence-electron chi connectivity index (χ1n) is 5.33. The van der Waals surface area contributed by atoms with Crippen molar-refractivity contribution in [3.63, 3.8) is 0 Å². The maximum atomic E-state index is 11.7. The molecule has 0 radical (unpaired) electrons. The minimum Gasteiger partial charge on any atom is -0.409 e. The first kappa shape index (κ1) is 13.2. The molecule has 0 aromatic heterocycles. The number of hydrogen-bond donors (Lipinski definition) is 3. The van der Waals surface area contributed by atoms with E-state index in [1.165, 1.54) is 0 Å². The zero-order chi connectivity index (χ0) is 12.3. The van der Waals surface area contributed by atoms with Crippen molar-refractivity contribution in [2.45, 2.75) is 32.7 Å². The fraction of sp³-hybridized carbons (Fsp3) is 0.889. The average Bonchev–Trinajstić information content (AvgIpc) is 2.95. The van der Waals surface area contributed by atoms with Crippen molar-refractivity contribution < 1.29 is 13.6 Å². The molecule has 1 atom stereocenters. The van der Waals surface area contributed by atoms with Crippen LogP contribution >= 0.6 is 0 Å². The van der Waals surface area contributed by atoms with Gasteiger partial charge < -0.3 is 10.9 Å². The van der Waals surface area contributed by atoms with Crippen LogP contribution in [0.1, 0.15) is 26.7 Å². The number of nitrogens with one attached hydrogen (secondary N) is 1. The van der Waals surface area contributed by atoms with Crippen LogP contribution in [0.3, 0.4) is 0 Å². The van der Waals surface area contributed by atoms with Gasteiger partial charge >= 0.3 is 0 Å². The Kier molecular flexibility index (Phi) is 4.15. The second-order valence-corrected chi connectivity index (χ2v) is 6.39. The third-order valence-corrected chi connectivity index (χ3v) is 4.08. The third-order valence-electron chi connectivity index (χ3n) is 2.56. The predicted molar refractivity (Wildman–Crippen MR) is 61.7 cm³/mol. The molecule has 7 heteroatoms. The zero-order valence-corrected chi connectivity index (χ0v) is 10.4. The van der Waals surface area contributed by atoms with Crippen molar-refractivity contribution in [1.82, 2.24) is 4.72 Å². The molecule has 1 unspecified atom stereocenters. The van der Waals surface area contributed by atoms with Crippen LogP contribution in [0, 0.1) is 11.8 Å². The normalized spacial score (nSPS) is 20.1. The summed E-state index contributed by atoms with van der Waals surface area (Å²) >= 11 is 0. The van der Waals surface area contributed by atoms with Gasteiger partial charge in [0.2, 0.25) is 10.0 Å². The molecule has 0 aromatic carbocycles. The van der Waals surface area contributed by atoms with Gasteiger partial charge in [0.1, 0.15) is 0 Å². The highest BCUT2D eigenvalue weighted by Crippen LogP contribution is 2.30. The van der Waals surface area contributed by atoms with Crippen LogP contribution in [0.25, 0.3) is 0 Å². The van der Waals surface area contributed by atoms with Crippen LogP contribution in [-0.2, 0) is 10.0 Å². The Morgan fingerprint density at radius 2 is 2.12 bits per heavy atom. The lowest BCUT2D eigenvalue weighted by molar-refractivity contribution is 0.313. The molecule has 6 nitrogen and oxygen atoms in total. The Bertz CT molecular complexity index is 360. The highest BCUT2D eigenvalue weighted by Gasteiger charge is 2.31. The number of hydrogen-bond acceptors (Lipinski definition) is 4. The summed E-state index contributed by atoms with van der Waals surface area (Å²) in [6.07, 6.45) is 1.94. The van der Waals surface area contributed by atoms with Gasteiger partial charge in [0.25, 0.3) is 0 Å². The summed E-state index contributed by atoms with van der Waals surface area (Å²) in [6, 6.07) is -0.645. The Morgan fingerprint density at radius 3 is 2.50 bits per heavy atom. The van der Waals surface area contributed by atoms with Gasteiger partial charge in [-0.3, -0.25) is 0 Å². The van der Waals surface area contributed by atoms with Gasteiger partial charge in [-0.1, -0.05) is 19.0 Å². The van der Waals surface area contributed by atoms with Gasteiger partial charge in [-0.05, 0) is 24.7 Å². The van der Waals surface area contributed by atoms with Crippen molar-refractivity contribution in [3.05, 3.63) is 0 Å². The molecule has 1 saturated carbocycles. The van der Waals surface area contributed by atoms with Crippen molar-refractivity contribution in [1.29, 1.82) is 0 Å². The molecule has 0 spiro atoms. The molecule has 0 saturated heterocycles. The van der Waals surface area contributed by atoms with E-state index in [9.17, 15) is 8.42 Å². The molecule has 0 amide bonds. The molecule has 0 heterocycles. The van der Waals surface area contributed by atoms with Crippen molar-refractivity contribution >= 4 is 15.9 Å². The fourth-order valence-electron chi connectivity index (χ4n) is 1.44. The lowest BCUT2D eigenvalue weighted by atomic mass is 10.1. The lowest BCUT2D eigenvalue weighted by Crippen LogP contribution is -2.48. The van der Waals surface area contributed by atoms with E-state index >= 15 is 0 Å². The van der Waals surface area contributed by atoms with Crippen LogP contribution in [0.4, 0.5) is 0 Å². The van der Waals surface area contributed by atoms with E-state index in [-0.39, 0.29) is 23.4 Å². The molecule has 0 aliphatic heterocycles. The Hall–Kier alpha value is -0.820. The van der Waals surface area contributed by atoms with E-state index in [0.29, 0.717) is 0 Å². The molecule has 1 aliphatic rings. The quantitative estimate of drug-likeness (QED) is 0.268. The molecule has 16 heavy (non-hydrogen) atoms. The van der Waals surface area contributed by atoms with E-state index in [2.05, 4.69) is 9.88 Å². The van der Waals surface area contributed by atoms with E-state index in [1.54, 1.807) is 0 Å². The van der Waals surface area contributed by atoms with Gasteiger partial charge in [0.15, 0.2) is 5.84 Å². The third kappa shape index (κ3) is 3.97. The standard InChI is InChI=1S/C9H19N3O3S/c1-6(2)8(9(10)11-13)12-16(14,15)5-7-3-4-7/h6-8,12-13H,3-5H2,1-2H3,(H2,10,11). The molecule has 0 aromatic rings. The number of rotatable bonds is 6. The van der Waals surface area contributed by atoms with E-state index in [0.717, 1.165) is 12.8 Å². The van der Waals surface area contributed by atoms with E-state index in [4.69, 9.17) is 10.9 Å². The minimum absolute atomic E-state index is 0.0649. The van der Waals surface area contributed by atoms with Gasteiger partial charge in [0.05, 0.1) is 11.8 Å². The van der Waals surface area contributed by atoms with Gasteiger partial charge in [-0.2, -0.15) is 0 Å². The molecule has 1 aliphatic carbocycles. The highest BCUT2D eigenvalue weighted by atomic mass is 32.2. The molecule has 1 rings (SSSR count). The summed E-state index contributed by atoms with van der Waals surface area (Å²) < 4.78 is 25.9. The Labute approximate surface area is 95.9 Å². The van der Waals surface area contributed by atoms with E-state index in [1.807, 2.05) is 13.8 Å². The number of nitrogens with zero attached hydrogens (tertiary/aromatic N) is 1. The summed E-state index contributed by atoms with van der Waals surface area (Å²) in [5.74, 6) is 0.242. The average molecular weight is 249 g/mol. The summed E-state index contributed by atoms with van der Waals surface area (Å²) in [7, 11) is -3.34. The lowest BCUT2D eigenvalue weighted by Gasteiger charge is -2.20. The van der Waals surface area contributed by atoms with Gasteiger partial charge in [-0.15, -0.1) is 0 Å². The highest BCUT2D eigenvalue weighted by molar-refractivity contribution is 7.89. The summed E-state index contributed by atoms with van der Waals surface area (Å²) in [5.41, 5.74) is 5.44. The minimum atomic E-state index is -3.34. The van der Waals surface area contributed by atoms with Crippen LogP contribution < -0.4 is 10.5 Å². The SMILES string of the molecule is CC(C)C(NS(=O)(=O)CC1CC1)C(N)=NO. The molecular weight excluding hydrogens is 230 g/mol. The van der Waals surface area contributed by atoms with Crippen LogP contribution in [0.2, 0.25) is 0 Å². The first-order valence-corrected chi connectivity index (χ1v) is 6.98. The largest absolute Gasteiger partial charge is 0.409 e. The number of nitrogens with two attached hydrogens (primary N) is 1. The van der Waals surface area contributed by atoms with Crippen LogP contribution in [0.15, 0.2) is 5.16 Å². The first-order chi connectivity index (χ1) is 7.35. The smallest absolute Gasteiger partial charge is 0.212 e. The molecule has 94 valence electrons. The second kappa shape index (κ2) is 5.01. The zero-order valence-electron chi connectivity index (χ0n) is 9.55. The fourth-order valence-corrected chi connectivity index (χ4v) is 3.27. The maximum Gasteiger partial charge on any atom is 0.212 e. The van der Waals surface area contributed by atoms with Crippen molar-refractivity contribution in [3.8, 4) is 0 Å². The maximum absolute atomic E-state index is 11.7. The molecule has 4 N–H and O–H groups in total. The molecule has 0 bridgehead atoms. The van der Waals surface area contributed by atoms with Gasteiger partial charge in [-0.25, -0.2) is 13.1 Å². The number of oxime groups is 1. The van der Waals surface area contributed by atoms with Crippen molar-refractivity contribution in [2.24, 2.45) is 22.7 Å². The monoisotopic (exact) mass is 249 g/mol. The Morgan fingerprint density at radius 1 is 1.56 bits per heavy atom. The van der Waals surface area contributed by atoms with Crippen molar-refractivity contribution in [2.75, 3.05) is 5.75 Å². The summed E-state index contributed by atoms with van der Waals surface area (Å²) in [4.78, 5) is 0. The summed E-state index contributed by atoms with van der Waals surface area (Å²) in [5, 5.41) is 11.4. The van der Waals surface area contributed by atoms with E-state index < -0.39 is 16.1 Å².